The molecular formula is C28H18IrN3O-. The number of oxazole rings is 1. The molecule has 0 fully saturated rings. The summed E-state index contributed by atoms with van der Waals surface area (Å²) in [5, 5.41) is 0. The molecule has 0 amide bonds. The third-order valence-electron chi connectivity index (χ3n) is 5.59. The number of para-hydroxylation sites is 1. The molecule has 2 heterocycles. The molecule has 0 bridgehead atoms. The van der Waals surface area contributed by atoms with Gasteiger partial charge in [-0.3, -0.25) is 4.98 Å². The van der Waals surface area contributed by atoms with Crippen molar-refractivity contribution in [3.63, 3.8) is 0 Å². The average molecular weight is 605 g/mol. The van der Waals surface area contributed by atoms with Gasteiger partial charge in [0, 0.05) is 49.1 Å². The first-order valence-electron chi connectivity index (χ1n) is 10.4. The third kappa shape index (κ3) is 3.82. The Bertz CT molecular complexity index is 1460. The van der Waals surface area contributed by atoms with E-state index in [0.717, 1.165) is 44.8 Å². The molecule has 2 aromatic heterocycles. The summed E-state index contributed by atoms with van der Waals surface area (Å²) in [6.07, 6.45) is 5.28. The van der Waals surface area contributed by atoms with Gasteiger partial charge in [-0.15, -0.1) is 23.8 Å². The number of aromatic nitrogens is 3. The number of rotatable bonds is 4. The predicted octanol–water partition coefficient (Wildman–Crippen LogP) is 6.81. The Hall–Kier alpha value is -3.79. The van der Waals surface area contributed by atoms with Crippen molar-refractivity contribution in [3.05, 3.63) is 116 Å². The number of hydrogen-bond donors (Lipinski definition) is 0. The van der Waals surface area contributed by atoms with Gasteiger partial charge in [0.15, 0.2) is 6.39 Å². The Balaban J connectivity index is 0.00000228. The van der Waals surface area contributed by atoms with Gasteiger partial charge < -0.3 is 8.98 Å². The SMILES string of the molecule is [Ir].[c-]1cc2ocnc2cc1-c1nccn1-c1c(-c2ccccc2)cccc1-c1ccccc1. The number of nitrogens with zero attached hydrogens (tertiary/aromatic N) is 3. The molecule has 5 heteroatoms. The van der Waals surface area contributed by atoms with Gasteiger partial charge in [0.25, 0.3) is 0 Å². The minimum absolute atomic E-state index is 0. The van der Waals surface area contributed by atoms with Crippen molar-refractivity contribution in [3.8, 4) is 39.3 Å². The van der Waals surface area contributed by atoms with Crippen molar-refractivity contribution in [2.75, 3.05) is 0 Å². The maximum Gasteiger partial charge on any atom is 0.169 e. The summed E-state index contributed by atoms with van der Waals surface area (Å²) >= 11 is 0. The van der Waals surface area contributed by atoms with Crippen LogP contribution in [0, 0.1) is 6.07 Å². The number of benzene rings is 4. The summed E-state index contributed by atoms with van der Waals surface area (Å²) in [5.41, 5.74) is 7.99. The summed E-state index contributed by atoms with van der Waals surface area (Å²) in [4.78, 5) is 9.00. The van der Waals surface area contributed by atoms with Gasteiger partial charge in [0.2, 0.25) is 0 Å². The molecule has 0 saturated heterocycles. The zero-order chi connectivity index (χ0) is 21.3. The standard InChI is InChI=1S/C28H18N3O.Ir/c1-3-8-20(9-4-1)23-12-7-13-24(21-10-5-2-6-11-21)27(23)31-17-16-29-28(31)22-14-15-26-25(18-22)30-19-32-26;/h1-13,15-19H;/q-1;. The average Bonchev–Trinajstić information content (AvgIpc) is 3.54. The van der Waals surface area contributed by atoms with Crippen molar-refractivity contribution in [2.24, 2.45) is 0 Å². The summed E-state index contributed by atoms with van der Waals surface area (Å²) < 4.78 is 7.53. The molecule has 6 rings (SSSR count). The van der Waals surface area contributed by atoms with Crippen LogP contribution in [0.2, 0.25) is 0 Å². The molecular weight excluding hydrogens is 587 g/mol. The molecule has 0 atom stereocenters. The second-order valence-corrected chi connectivity index (χ2v) is 7.50. The molecule has 33 heavy (non-hydrogen) atoms. The van der Waals surface area contributed by atoms with Crippen LogP contribution in [0.3, 0.4) is 0 Å². The largest absolute Gasteiger partial charge is 0.490 e. The molecule has 4 nitrogen and oxygen atoms in total. The second-order valence-electron chi connectivity index (χ2n) is 7.50. The van der Waals surface area contributed by atoms with E-state index in [1.54, 1.807) is 0 Å². The van der Waals surface area contributed by atoms with Crippen molar-refractivity contribution in [2.45, 2.75) is 0 Å². The number of hydrogen-bond acceptors (Lipinski definition) is 3. The van der Waals surface area contributed by atoms with E-state index in [9.17, 15) is 0 Å². The van der Waals surface area contributed by atoms with Crippen LogP contribution >= 0.6 is 0 Å². The van der Waals surface area contributed by atoms with E-state index in [2.05, 4.69) is 82.3 Å². The summed E-state index contributed by atoms with van der Waals surface area (Å²) in [6.45, 7) is 0. The normalized spacial score (nSPS) is 10.8. The summed E-state index contributed by atoms with van der Waals surface area (Å²) in [6, 6.07) is 34.4. The topological polar surface area (TPSA) is 43.9 Å². The zero-order valence-electron chi connectivity index (χ0n) is 17.5. The monoisotopic (exact) mass is 605 g/mol. The van der Waals surface area contributed by atoms with Gasteiger partial charge in [0.05, 0.1) is 17.1 Å². The van der Waals surface area contributed by atoms with Crippen molar-refractivity contribution in [1.29, 1.82) is 0 Å². The van der Waals surface area contributed by atoms with Gasteiger partial charge in [-0.2, -0.15) is 0 Å². The summed E-state index contributed by atoms with van der Waals surface area (Å²) in [5.74, 6) is 0.801. The Morgan fingerprint density at radius 3 is 2.09 bits per heavy atom. The third-order valence-corrected chi connectivity index (χ3v) is 5.59. The smallest absolute Gasteiger partial charge is 0.169 e. The van der Waals surface area contributed by atoms with Crippen LogP contribution in [0.25, 0.3) is 50.4 Å². The second kappa shape index (κ2) is 8.99. The fraction of sp³-hybridized carbons (Fsp3) is 0. The van der Waals surface area contributed by atoms with Gasteiger partial charge in [0.1, 0.15) is 0 Å². The first-order valence-corrected chi connectivity index (χ1v) is 10.4. The Kier molecular flexibility index (Phi) is 5.74. The predicted molar refractivity (Wildman–Crippen MR) is 126 cm³/mol. The van der Waals surface area contributed by atoms with Crippen LogP contribution < -0.4 is 0 Å². The number of imidazole rings is 1. The minimum Gasteiger partial charge on any atom is -0.490 e. The van der Waals surface area contributed by atoms with E-state index >= 15 is 0 Å². The molecule has 161 valence electrons. The van der Waals surface area contributed by atoms with E-state index in [-0.39, 0.29) is 20.1 Å². The molecule has 4 aromatic carbocycles. The number of fused-ring (bicyclic) bond motifs is 1. The molecule has 6 aromatic rings. The minimum atomic E-state index is 0. The molecule has 0 N–H and O–H groups in total. The fourth-order valence-corrected chi connectivity index (χ4v) is 4.12. The van der Waals surface area contributed by atoms with E-state index in [1.807, 2.05) is 36.7 Å². The molecule has 1 radical (unpaired) electrons. The Morgan fingerprint density at radius 2 is 1.42 bits per heavy atom. The maximum atomic E-state index is 5.39. The van der Waals surface area contributed by atoms with Crippen LogP contribution in [0.15, 0.2) is 114 Å². The molecule has 0 aliphatic carbocycles. The van der Waals surface area contributed by atoms with Crippen LogP contribution in [0.4, 0.5) is 0 Å². The van der Waals surface area contributed by atoms with Gasteiger partial charge >= 0.3 is 0 Å². The molecule has 0 aliphatic heterocycles. The maximum absolute atomic E-state index is 5.39. The van der Waals surface area contributed by atoms with Crippen LogP contribution in [-0.2, 0) is 20.1 Å². The first kappa shape index (κ1) is 21.1. The quantitative estimate of drug-likeness (QED) is 0.208. The zero-order valence-corrected chi connectivity index (χ0v) is 19.9. The Morgan fingerprint density at radius 1 is 0.758 bits per heavy atom. The van der Waals surface area contributed by atoms with Gasteiger partial charge in [-0.25, -0.2) is 4.98 Å². The molecule has 0 saturated carbocycles. The molecule has 0 unspecified atom stereocenters. The van der Waals surface area contributed by atoms with Crippen LogP contribution in [-0.4, -0.2) is 14.5 Å². The van der Waals surface area contributed by atoms with Crippen molar-refractivity contribution >= 4 is 11.1 Å². The van der Waals surface area contributed by atoms with Crippen LogP contribution in [0.1, 0.15) is 0 Å². The first-order chi connectivity index (χ1) is 15.9. The molecule has 0 aliphatic rings. The van der Waals surface area contributed by atoms with Crippen LogP contribution in [0.5, 0.6) is 0 Å². The Labute approximate surface area is 204 Å². The van der Waals surface area contributed by atoms with Gasteiger partial charge in [-0.1, -0.05) is 78.9 Å². The van der Waals surface area contributed by atoms with E-state index in [1.165, 1.54) is 6.39 Å². The fourth-order valence-electron chi connectivity index (χ4n) is 4.12. The molecule has 0 spiro atoms. The van der Waals surface area contributed by atoms with Gasteiger partial charge in [-0.05, 0) is 11.1 Å². The van der Waals surface area contributed by atoms with E-state index in [0.29, 0.717) is 5.58 Å². The van der Waals surface area contributed by atoms with E-state index < -0.39 is 0 Å². The van der Waals surface area contributed by atoms with E-state index in [4.69, 9.17) is 9.40 Å². The summed E-state index contributed by atoms with van der Waals surface area (Å²) in [7, 11) is 0. The van der Waals surface area contributed by atoms with Crippen molar-refractivity contribution < 1.29 is 24.5 Å². The van der Waals surface area contributed by atoms with Crippen molar-refractivity contribution in [1.82, 2.24) is 14.5 Å².